The van der Waals surface area contributed by atoms with E-state index in [4.69, 9.17) is 0 Å². The normalized spacial score (nSPS) is 22.6. The van der Waals surface area contributed by atoms with Crippen molar-refractivity contribution < 1.29 is 0 Å². The minimum absolute atomic E-state index is 0.235. The topological polar surface area (TPSA) is 12.0 Å². The van der Waals surface area contributed by atoms with Gasteiger partial charge in [0.05, 0.1) is 0 Å². The van der Waals surface area contributed by atoms with Crippen LogP contribution in [0.3, 0.4) is 0 Å². The van der Waals surface area contributed by atoms with Gasteiger partial charge >= 0.3 is 0 Å². The molecule has 0 saturated carbocycles. The lowest BCUT2D eigenvalue weighted by molar-refractivity contribution is 0.507. The summed E-state index contributed by atoms with van der Waals surface area (Å²) in [5.41, 5.74) is 3.21. The van der Waals surface area contributed by atoms with Gasteiger partial charge in [-0.05, 0) is 42.0 Å². The SMILES string of the molecule is CCCNC1c2cc(C(C)(C)C)ccc2SC1CC. The van der Waals surface area contributed by atoms with Gasteiger partial charge in [-0.3, -0.25) is 0 Å². The van der Waals surface area contributed by atoms with Crippen LogP contribution >= 0.6 is 11.8 Å². The molecule has 106 valence electrons. The molecule has 0 spiro atoms. The first-order valence-corrected chi connectivity index (χ1v) is 8.39. The quantitative estimate of drug-likeness (QED) is 0.839. The van der Waals surface area contributed by atoms with E-state index in [1.54, 1.807) is 0 Å². The fourth-order valence-electron chi connectivity index (χ4n) is 2.66. The molecule has 0 saturated heterocycles. The van der Waals surface area contributed by atoms with Gasteiger partial charge in [0.2, 0.25) is 0 Å². The predicted octanol–water partition coefficient (Wildman–Crippen LogP) is 4.91. The van der Waals surface area contributed by atoms with E-state index in [-0.39, 0.29) is 5.41 Å². The molecule has 0 amide bonds. The van der Waals surface area contributed by atoms with E-state index >= 15 is 0 Å². The summed E-state index contributed by atoms with van der Waals surface area (Å²) >= 11 is 2.05. The van der Waals surface area contributed by atoms with Crippen molar-refractivity contribution in [2.75, 3.05) is 6.54 Å². The summed E-state index contributed by atoms with van der Waals surface area (Å²) in [5, 5.41) is 4.44. The molecular weight excluding hydrogens is 250 g/mol. The van der Waals surface area contributed by atoms with Crippen molar-refractivity contribution in [1.82, 2.24) is 5.32 Å². The zero-order chi connectivity index (χ0) is 14.0. The second-order valence-corrected chi connectivity index (χ2v) is 7.78. The van der Waals surface area contributed by atoms with Crippen LogP contribution in [0.2, 0.25) is 0 Å². The van der Waals surface area contributed by atoms with Crippen molar-refractivity contribution in [3.05, 3.63) is 29.3 Å². The molecule has 2 unspecified atom stereocenters. The van der Waals surface area contributed by atoms with Crippen molar-refractivity contribution in [3.63, 3.8) is 0 Å². The molecule has 0 bridgehead atoms. The van der Waals surface area contributed by atoms with Crippen molar-refractivity contribution in [2.45, 2.75) is 69.1 Å². The third-order valence-electron chi connectivity index (χ3n) is 3.88. The van der Waals surface area contributed by atoms with Gasteiger partial charge in [0.15, 0.2) is 0 Å². The lowest BCUT2D eigenvalue weighted by atomic mass is 9.85. The molecule has 1 nitrogen and oxygen atoms in total. The molecule has 0 aromatic heterocycles. The number of hydrogen-bond donors (Lipinski definition) is 1. The average molecular weight is 277 g/mol. The summed E-state index contributed by atoms with van der Waals surface area (Å²) in [6, 6.07) is 7.61. The number of rotatable bonds is 4. The molecule has 1 heterocycles. The maximum Gasteiger partial charge on any atom is 0.0455 e. The maximum absolute atomic E-state index is 3.75. The van der Waals surface area contributed by atoms with Crippen LogP contribution in [-0.4, -0.2) is 11.8 Å². The number of benzene rings is 1. The van der Waals surface area contributed by atoms with Gasteiger partial charge in [-0.1, -0.05) is 46.8 Å². The van der Waals surface area contributed by atoms with Gasteiger partial charge in [-0.2, -0.15) is 0 Å². The number of fused-ring (bicyclic) bond motifs is 1. The Kier molecular flexibility index (Phi) is 4.62. The summed E-state index contributed by atoms with van der Waals surface area (Å²) in [6.07, 6.45) is 2.43. The number of nitrogens with one attached hydrogen (secondary N) is 1. The van der Waals surface area contributed by atoms with Gasteiger partial charge in [-0.25, -0.2) is 0 Å². The summed E-state index contributed by atoms with van der Waals surface area (Å²) < 4.78 is 0. The molecule has 0 radical (unpaired) electrons. The molecule has 1 aliphatic rings. The summed E-state index contributed by atoms with van der Waals surface area (Å²) in [4.78, 5) is 1.48. The first-order chi connectivity index (χ1) is 8.97. The second-order valence-electron chi connectivity index (χ2n) is 6.50. The van der Waals surface area contributed by atoms with E-state index in [1.807, 2.05) is 0 Å². The zero-order valence-corrected chi connectivity index (χ0v) is 13.7. The Hall–Kier alpha value is -0.470. The molecule has 2 atom stereocenters. The van der Waals surface area contributed by atoms with E-state index in [2.05, 4.69) is 69.9 Å². The molecule has 0 fully saturated rings. The lowest BCUT2D eigenvalue weighted by Gasteiger charge is -2.23. The predicted molar refractivity (Wildman–Crippen MR) is 86.1 cm³/mol. The van der Waals surface area contributed by atoms with Gasteiger partial charge in [0, 0.05) is 16.2 Å². The largest absolute Gasteiger partial charge is 0.309 e. The highest BCUT2D eigenvalue weighted by molar-refractivity contribution is 8.00. The van der Waals surface area contributed by atoms with Crippen LogP contribution < -0.4 is 5.32 Å². The van der Waals surface area contributed by atoms with Crippen LogP contribution in [0.5, 0.6) is 0 Å². The van der Waals surface area contributed by atoms with Crippen LogP contribution in [0.15, 0.2) is 23.1 Å². The highest BCUT2D eigenvalue weighted by Crippen LogP contribution is 2.46. The smallest absolute Gasteiger partial charge is 0.0455 e. The van der Waals surface area contributed by atoms with E-state index in [0.29, 0.717) is 11.3 Å². The summed E-state index contributed by atoms with van der Waals surface area (Å²) in [5.74, 6) is 0. The van der Waals surface area contributed by atoms with Gasteiger partial charge < -0.3 is 5.32 Å². The van der Waals surface area contributed by atoms with Crippen molar-refractivity contribution in [2.24, 2.45) is 0 Å². The molecular formula is C17H27NS. The molecule has 19 heavy (non-hydrogen) atoms. The molecule has 1 aromatic rings. The van der Waals surface area contributed by atoms with Crippen LogP contribution in [0.1, 0.15) is 64.6 Å². The highest BCUT2D eigenvalue weighted by Gasteiger charge is 2.32. The van der Waals surface area contributed by atoms with Gasteiger partial charge in [0.25, 0.3) is 0 Å². The zero-order valence-electron chi connectivity index (χ0n) is 12.9. The Morgan fingerprint density at radius 1 is 1.21 bits per heavy atom. The van der Waals surface area contributed by atoms with Gasteiger partial charge in [-0.15, -0.1) is 11.8 Å². The monoisotopic (exact) mass is 277 g/mol. The number of hydrogen-bond acceptors (Lipinski definition) is 2. The van der Waals surface area contributed by atoms with Crippen molar-refractivity contribution in [1.29, 1.82) is 0 Å². The molecule has 2 rings (SSSR count). The van der Waals surface area contributed by atoms with Crippen LogP contribution in [0.4, 0.5) is 0 Å². The number of thioether (sulfide) groups is 1. The third-order valence-corrected chi connectivity index (χ3v) is 5.41. The summed E-state index contributed by atoms with van der Waals surface area (Å²) in [7, 11) is 0. The molecule has 0 aliphatic carbocycles. The minimum Gasteiger partial charge on any atom is -0.309 e. The summed E-state index contributed by atoms with van der Waals surface area (Å²) in [6.45, 7) is 12.5. The molecule has 1 aromatic carbocycles. The Labute approximate surface area is 122 Å². The first kappa shape index (κ1) is 14.9. The second kappa shape index (κ2) is 5.88. The van der Waals surface area contributed by atoms with E-state index < -0.39 is 0 Å². The molecule has 1 N–H and O–H groups in total. The Morgan fingerprint density at radius 3 is 2.53 bits per heavy atom. The Morgan fingerprint density at radius 2 is 1.95 bits per heavy atom. The Bertz CT molecular complexity index is 433. The highest BCUT2D eigenvalue weighted by atomic mass is 32.2. The standard InChI is InChI=1S/C17H27NS/c1-6-10-18-16-13-11-12(17(3,4)5)8-9-15(13)19-14(16)7-2/h8-9,11,14,16,18H,6-7,10H2,1-5H3. The van der Waals surface area contributed by atoms with Crippen molar-refractivity contribution >= 4 is 11.8 Å². The van der Waals surface area contributed by atoms with Gasteiger partial charge in [0.1, 0.15) is 0 Å². The fourth-order valence-corrected chi connectivity index (χ4v) is 4.00. The van der Waals surface area contributed by atoms with Crippen LogP contribution in [-0.2, 0) is 5.41 Å². The third kappa shape index (κ3) is 3.17. The first-order valence-electron chi connectivity index (χ1n) is 7.51. The fraction of sp³-hybridized carbons (Fsp3) is 0.647. The van der Waals surface area contributed by atoms with Crippen LogP contribution in [0.25, 0.3) is 0 Å². The lowest BCUT2D eigenvalue weighted by Crippen LogP contribution is -2.27. The molecule has 1 aliphatic heterocycles. The van der Waals surface area contributed by atoms with E-state index in [1.165, 1.54) is 28.9 Å². The van der Waals surface area contributed by atoms with Crippen molar-refractivity contribution in [3.8, 4) is 0 Å². The average Bonchev–Trinajstić information content (AvgIpc) is 2.72. The van der Waals surface area contributed by atoms with E-state index in [9.17, 15) is 0 Å². The van der Waals surface area contributed by atoms with E-state index in [0.717, 1.165) is 6.54 Å². The minimum atomic E-state index is 0.235. The molecule has 2 heteroatoms. The maximum atomic E-state index is 3.75. The van der Waals surface area contributed by atoms with Crippen LogP contribution in [0, 0.1) is 0 Å². The Balaban J connectivity index is 2.32.